The van der Waals surface area contributed by atoms with Gasteiger partial charge < -0.3 is 26.8 Å². The highest BCUT2D eigenvalue weighted by molar-refractivity contribution is 5.92. The van der Waals surface area contributed by atoms with Crippen molar-refractivity contribution in [3.63, 3.8) is 0 Å². The predicted octanol–water partition coefficient (Wildman–Crippen LogP) is -1.43. The van der Waals surface area contributed by atoms with Crippen molar-refractivity contribution < 1.29 is 24.3 Å². The normalized spacial score (nSPS) is 15.7. The molecule has 0 aliphatic rings. The van der Waals surface area contributed by atoms with Crippen molar-refractivity contribution in [2.75, 3.05) is 6.54 Å². The lowest BCUT2D eigenvalue weighted by atomic mass is 9.99. The second kappa shape index (κ2) is 9.78. The summed E-state index contributed by atoms with van der Waals surface area (Å²) in [4.78, 5) is 46.0. The van der Waals surface area contributed by atoms with Crippen LogP contribution >= 0.6 is 0 Å². The molecular weight excluding hydrogens is 304 g/mol. The highest BCUT2D eigenvalue weighted by Crippen LogP contribution is 2.07. The fourth-order valence-electron chi connectivity index (χ4n) is 1.64. The number of hydrogen-bond donors (Lipinski definition) is 5. The van der Waals surface area contributed by atoms with Crippen LogP contribution < -0.4 is 21.7 Å². The summed E-state index contributed by atoms with van der Waals surface area (Å²) >= 11 is 0. The van der Waals surface area contributed by atoms with Crippen LogP contribution in [0.15, 0.2) is 0 Å². The molecule has 0 bridgehead atoms. The van der Waals surface area contributed by atoms with E-state index in [1.165, 1.54) is 13.8 Å². The Bertz CT molecular complexity index is 452. The zero-order chi connectivity index (χ0) is 18.2. The highest BCUT2D eigenvalue weighted by atomic mass is 16.4. The number of carbonyl (C=O) groups excluding carboxylic acids is 3. The molecule has 6 N–H and O–H groups in total. The van der Waals surface area contributed by atoms with E-state index in [-0.39, 0.29) is 12.5 Å². The fraction of sp³-hybridized carbons (Fsp3) is 0.714. The number of carboxylic acids is 1. The summed E-state index contributed by atoms with van der Waals surface area (Å²) in [6, 6.07) is -2.62. The van der Waals surface area contributed by atoms with Crippen LogP contribution in [-0.4, -0.2) is 53.5 Å². The zero-order valence-corrected chi connectivity index (χ0v) is 13.9. The molecule has 0 spiro atoms. The molecule has 132 valence electrons. The molecule has 4 atom stereocenters. The molecule has 0 heterocycles. The van der Waals surface area contributed by atoms with E-state index in [1.54, 1.807) is 6.92 Å². The molecule has 0 aromatic heterocycles. The number of carbonyl (C=O) groups is 4. The molecule has 0 saturated carbocycles. The van der Waals surface area contributed by atoms with E-state index in [0.717, 1.165) is 0 Å². The number of hydrogen-bond acceptors (Lipinski definition) is 5. The molecule has 0 saturated heterocycles. The summed E-state index contributed by atoms with van der Waals surface area (Å²) in [5.74, 6) is -3.03. The van der Waals surface area contributed by atoms with Crippen LogP contribution in [0.5, 0.6) is 0 Å². The van der Waals surface area contributed by atoms with Crippen molar-refractivity contribution in [2.45, 2.75) is 52.2 Å². The van der Waals surface area contributed by atoms with Crippen LogP contribution in [0.4, 0.5) is 0 Å². The molecule has 4 unspecified atom stereocenters. The van der Waals surface area contributed by atoms with Gasteiger partial charge in [-0.25, -0.2) is 4.79 Å². The first-order chi connectivity index (χ1) is 10.6. The second-order valence-electron chi connectivity index (χ2n) is 5.51. The van der Waals surface area contributed by atoms with Crippen LogP contribution in [0.25, 0.3) is 0 Å². The second-order valence-corrected chi connectivity index (χ2v) is 5.51. The van der Waals surface area contributed by atoms with Gasteiger partial charge in [0.15, 0.2) is 0 Å². The molecule has 0 aromatic carbocycles. The van der Waals surface area contributed by atoms with Crippen LogP contribution in [0.2, 0.25) is 0 Å². The number of nitrogens with two attached hydrogens (primary N) is 1. The van der Waals surface area contributed by atoms with Gasteiger partial charge >= 0.3 is 5.97 Å². The largest absolute Gasteiger partial charge is 0.480 e. The van der Waals surface area contributed by atoms with Gasteiger partial charge in [-0.3, -0.25) is 14.4 Å². The van der Waals surface area contributed by atoms with E-state index in [9.17, 15) is 19.2 Å². The van der Waals surface area contributed by atoms with E-state index in [0.29, 0.717) is 6.42 Å². The molecule has 3 amide bonds. The van der Waals surface area contributed by atoms with E-state index in [2.05, 4.69) is 16.0 Å². The maximum absolute atomic E-state index is 11.8. The zero-order valence-electron chi connectivity index (χ0n) is 13.9. The third kappa shape index (κ3) is 7.59. The maximum Gasteiger partial charge on any atom is 0.326 e. The molecule has 0 rings (SSSR count). The molecule has 9 nitrogen and oxygen atoms in total. The van der Waals surface area contributed by atoms with Crippen molar-refractivity contribution in [3.05, 3.63) is 0 Å². The first-order valence-electron chi connectivity index (χ1n) is 7.45. The smallest absolute Gasteiger partial charge is 0.326 e. The maximum atomic E-state index is 11.8. The summed E-state index contributed by atoms with van der Waals surface area (Å²) < 4.78 is 0. The number of carboxylic acid groups (broad SMARTS) is 1. The van der Waals surface area contributed by atoms with E-state index >= 15 is 0 Å². The number of aliphatic carboxylic acids is 1. The summed E-state index contributed by atoms with van der Waals surface area (Å²) in [5, 5.41) is 16.2. The van der Waals surface area contributed by atoms with Gasteiger partial charge in [-0.05, 0) is 19.8 Å². The standard InChI is InChI=1S/C14H26N4O5/c1-5-7(2)11(14(22)23)18-10(19)6-16-13(21)9(4)17-12(20)8(3)15/h7-9,11H,5-6,15H2,1-4H3,(H,16,21)(H,17,20)(H,18,19)(H,22,23). The quantitative estimate of drug-likeness (QED) is 0.350. The van der Waals surface area contributed by atoms with Crippen LogP contribution in [0.3, 0.4) is 0 Å². The first-order valence-corrected chi connectivity index (χ1v) is 7.45. The Hall–Kier alpha value is -2.16. The number of rotatable bonds is 9. The molecule has 0 radical (unpaired) electrons. The minimum absolute atomic E-state index is 0.239. The molecular formula is C14H26N4O5. The minimum Gasteiger partial charge on any atom is -0.480 e. The molecule has 0 fully saturated rings. The summed E-state index contributed by atoms with van der Waals surface area (Å²) in [6.45, 7) is 6.08. The highest BCUT2D eigenvalue weighted by Gasteiger charge is 2.25. The minimum atomic E-state index is -1.13. The Balaban J connectivity index is 4.39. The SMILES string of the molecule is CCC(C)C(NC(=O)CNC(=O)C(C)NC(=O)C(C)N)C(=O)O. The Morgan fingerprint density at radius 2 is 1.61 bits per heavy atom. The van der Waals surface area contributed by atoms with Gasteiger partial charge in [-0.2, -0.15) is 0 Å². The topological polar surface area (TPSA) is 151 Å². The fourth-order valence-corrected chi connectivity index (χ4v) is 1.64. The number of nitrogens with one attached hydrogen (secondary N) is 3. The average Bonchev–Trinajstić information content (AvgIpc) is 2.48. The molecule has 9 heteroatoms. The summed E-state index contributed by atoms with van der Waals surface area (Å²) in [6.07, 6.45) is 0.587. The molecule has 0 aromatic rings. The van der Waals surface area contributed by atoms with Gasteiger partial charge in [0.25, 0.3) is 0 Å². The molecule has 0 aliphatic heterocycles. The number of amides is 3. The van der Waals surface area contributed by atoms with Crippen molar-refractivity contribution in [1.82, 2.24) is 16.0 Å². The van der Waals surface area contributed by atoms with E-state index in [1.807, 2.05) is 6.92 Å². The summed E-state index contributed by atoms with van der Waals surface area (Å²) in [7, 11) is 0. The average molecular weight is 330 g/mol. The third-order valence-electron chi connectivity index (χ3n) is 3.38. The third-order valence-corrected chi connectivity index (χ3v) is 3.38. The van der Waals surface area contributed by atoms with Crippen molar-refractivity contribution in [2.24, 2.45) is 11.7 Å². The molecule has 0 aliphatic carbocycles. The van der Waals surface area contributed by atoms with E-state index in [4.69, 9.17) is 10.8 Å². The van der Waals surface area contributed by atoms with Gasteiger partial charge in [0.2, 0.25) is 17.7 Å². The Labute approximate surface area is 135 Å². The summed E-state index contributed by atoms with van der Waals surface area (Å²) in [5.41, 5.74) is 5.37. The monoisotopic (exact) mass is 330 g/mol. The lowest BCUT2D eigenvalue weighted by Gasteiger charge is -2.20. The Morgan fingerprint density at radius 1 is 1.04 bits per heavy atom. The lowest BCUT2D eigenvalue weighted by Crippen LogP contribution is -2.52. The lowest BCUT2D eigenvalue weighted by molar-refractivity contribution is -0.143. The van der Waals surface area contributed by atoms with Gasteiger partial charge in [0, 0.05) is 0 Å². The first kappa shape index (κ1) is 20.8. The van der Waals surface area contributed by atoms with Gasteiger partial charge in [0.05, 0.1) is 12.6 Å². The van der Waals surface area contributed by atoms with Crippen LogP contribution in [-0.2, 0) is 19.2 Å². The predicted molar refractivity (Wildman–Crippen MR) is 83.3 cm³/mol. The Kier molecular flexibility index (Phi) is 8.86. The van der Waals surface area contributed by atoms with Crippen molar-refractivity contribution >= 4 is 23.7 Å². The van der Waals surface area contributed by atoms with Gasteiger partial charge in [-0.15, -0.1) is 0 Å². The van der Waals surface area contributed by atoms with Crippen LogP contribution in [0, 0.1) is 5.92 Å². The van der Waals surface area contributed by atoms with Crippen molar-refractivity contribution in [1.29, 1.82) is 0 Å². The molecule has 23 heavy (non-hydrogen) atoms. The Morgan fingerprint density at radius 3 is 2.04 bits per heavy atom. The van der Waals surface area contributed by atoms with E-state index < -0.39 is 41.8 Å². The van der Waals surface area contributed by atoms with Crippen LogP contribution in [0.1, 0.15) is 34.1 Å². The van der Waals surface area contributed by atoms with Gasteiger partial charge in [0.1, 0.15) is 12.1 Å². The van der Waals surface area contributed by atoms with Crippen molar-refractivity contribution in [3.8, 4) is 0 Å². The van der Waals surface area contributed by atoms with Gasteiger partial charge in [-0.1, -0.05) is 20.3 Å².